The van der Waals surface area contributed by atoms with Gasteiger partial charge >= 0.3 is 11.8 Å². The Kier molecular flexibility index (Phi) is 5.22. The molecule has 32 heavy (non-hydrogen) atoms. The van der Waals surface area contributed by atoms with E-state index in [1.165, 1.54) is 6.20 Å². The molecular formula is C24H25N5O3. The molecule has 1 saturated heterocycles. The topological polar surface area (TPSA) is 110 Å². The molecule has 0 saturated carbocycles. The van der Waals surface area contributed by atoms with Gasteiger partial charge in [-0.25, -0.2) is 4.98 Å². The molecule has 8 heteroatoms. The molecule has 5 rings (SSSR count). The standard InChI is InChI=1S/C24H25N5O3/c1-14-4-7-21(16-6-5-15-3-2-8-26-19(15)9-16)29(11-14)24(31)23(30)28-20-10-27-22(25)18-13-32-12-17(18)20/h2-3,5-6,8-10,14,21H,4,7,11-13H2,1H3,(H2,25,27)(H,28,30). The Labute approximate surface area is 185 Å². The van der Waals surface area contributed by atoms with E-state index in [1.54, 1.807) is 11.1 Å². The number of hydrogen-bond acceptors (Lipinski definition) is 6. The SMILES string of the molecule is CC1CCC(c2ccc3cccnc3c2)N(C(=O)C(=O)Nc2cnc(N)c3c2COC3)C1. The second kappa shape index (κ2) is 8.20. The Morgan fingerprint density at radius 3 is 2.88 bits per heavy atom. The first kappa shape index (κ1) is 20.4. The van der Waals surface area contributed by atoms with Crippen molar-refractivity contribution in [3.05, 3.63) is 59.4 Å². The summed E-state index contributed by atoms with van der Waals surface area (Å²) in [6.45, 7) is 3.32. The fourth-order valence-electron chi connectivity index (χ4n) is 4.62. The zero-order chi connectivity index (χ0) is 22.2. The number of piperidine rings is 1. The number of pyridine rings is 2. The number of benzene rings is 1. The number of nitrogens with one attached hydrogen (secondary N) is 1. The lowest BCUT2D eigenvalue weighted by molar-refractivity contribution is -0.146. The molecule has 164 valence electrons. The molecule has 0 spiro atoms. The third-order valence-electron chi connectivity index (χ3n) is 6.36. The van der Waals surface area contributed by atoms with Crippen molar-refractivity contribution in [1.82, 2.24) is 14.9 Å². The van der Waals surface area contributed by atoms with Gasteiger partial charge in [0, 0.05) is 29.3 Å². The summed E-state index contributed by atoms with van der Waals surface area (Å²) in [7, 11) is 0. The van der Waals surface area contributed by atoms with Gasteiger partial charge in [-0.1, -0.05) is 25.1 Å². The van der Waals surface area contributed by atoms with E-state index in [0.29, 0.717) is 37.2 Å². The lowest BCUT2D eigenvalue weighted by atomic mass is 9.89. The van der Waals surface area contributed by atoms with Crippen molar-refractivity contribution in [2.45, 2.75) is 39.0 Å². The predicted octanol–water partition coefficient (Wildman–Crippen LogP) is 3.18. The summed E-state index contributed by atoms with van der Waals surface area (Å²) < 4.78 is 5.45. The zero-order valence-electron chi connectivity index (χ0n) is 17.9. The average Bonchev–Trinajstić information content (AvgIpc) is 3.31. The number of carbonyl (C=O) groups is 2. The van der Waals surface area contributed by atoms with Gasteiger partial charge in [-0.2, -0.15) is 0 Å². The van der Waals surface area contributed by atoms with E-state index in [1.807, 2.05) is 30.3 Å². The molecule has 1 aromatic carbocycles. The number of nitrogens with two attached hydrogens (primary N) is 1. The van der Waals surface area contributed by atoms with Crippen LogP contribution in [0.4, 0.5) is 11.5 Å². The van der Waals surface area contributed by atoms with E-state index >= 15 is 0 Å². The van der Waals surface area contributed by atoms with Gasteiger partial charge in [-0.05, 0) is 36.5 Å². The molecule has 2 amide bonds. The van der Waals surface area contributed by atoms with Gasteiger partial charge in [0.2, 0.25) is 0 Å². The number of amides is 2. The van der Waals surface area contributed by atoms with Crippen LogP contribution in [0.5, 0.6) is 0 Å². The smallest absolute Gasteiger partial charge is 0.313 e. The lowest BCUT2D eigenvalue weighted by Gasteiger charge is -2.38. The molecular weight excluding hydrogens is 406 g/mol. The van der Waals surface area contributed by atoms with E-state index in [9.17, 15) is 9.59 Å². The van der Waals surface area contributed by atoms with E-state index in [4.69, 9.17) is 10.5 Å². The maximum absolute atomic E-state index is 13.3. The third-order valence-corrected chi connectivity index (χ3v) is 6.36. The minimum atomic E-state index is -0.677. The third kappa shape index (κ3) is 3.67. The number of hydrogen-bond donors (Lipinski definition) is 2. The number of aromatic nitrogens is 2. The Balaban J connectivity index is 1.41. The first-order valence-corrected chi connectivity index (χ1v) is 10.8. The van der Waals surface area contributed by atoms with E-state index in [-0.39, 0.29) is 6.04 Å². The summed E-state index contributed by atoms with van der Waals surface area (Å²) in [5.74, 6) is -0.523. The number of carbonyl (C=O) groups excluding carboxylic acids is 2. The second-order valence-corrected chi connectivity index (χ2v) is 8.57. The minimum absolute atomic E-state index is 0.172. The first-order chi connectivity index (χ1) is 15.5. The van der Waals surface area contributed by atoms with Crippen LogP contribution in [0.15, 0.2) is 42.7 Å². The number of likely N-dealkylation sites (tertiary alicyclic amines) is 1. The summed E-state index contributed by atoms with van der Waals surface area (Å²) >= 11 is 0. The summed E-state index contributed by atoms with van der Waals surface area (Å²) in [6.07, 6.45) is 5.03. The first-order valence-electron chi connectivity index (χ1n) is 10.8. The monoisotopic (exact) mass is 431 g/mol. The number of anilines is 2. The van der Waals surface area contributed by atoms with Crippen molar-refractivity contribution in [3.8, 4) is 0 Å². The van der Waals surface area contributed by atoms with E-state index in [2.05, 4.69) is 22.2 Å². The summed E-state index contributed by atoms with van der Waals surface area (Å²) in [5.41, 5.74) is 9.79. The largest absolute Gasteiger partial charge is 0.383 e. The fraction of sp³-hybridized carbons (Fsp3) is 0.333. The Bertz CT molecular complexity index is 1210. The van der Waals surface area contributed by atoms with Crippen LogP contribution in [0.3, 0.4) is 0 Å². The van der Waals surface area contributed by atoms with Crippen molar-refractivity contribution >= 4 is 34.2 Å². The molecule has 3 aromatic rings. The average molecular weight is 431 g/mol. The summed E-state index contributed by atoms with van der Waals surface area (Å²) in [6, 6.07) is 9.79. The molecule has 2 atom stereocenters. The Morgan fingerprint density at radius 1 is 1.16 bits per heavy atom. The van der Waals surface area contributed by atoms with Crippen molar-refractivity contribution in [1.29, 1.82) is 0 Å². The molecule has 0 aliphatic carbocycles. The van der Waals surface area contributed by atoms with Crippen molar-refractivity contribution in [3.63, 3.8) is 0 Å². The normalized spacial score (nSPS) is 20.2. The number of rotatable bonds is 2. The van der Waals surface area contributed by atoms with Crippen LogP contribution in [0.2, 0.25) is 0 Å². The van der Waals surface area contributed by atoms with Crippen LogP contribution in [0, 0.1) is 5.92 Å². The van der Waals surface area contributed by atoms with Gasteiger partial charge in [0.1, 0.15) is 5.82 Å². The quantitative estimate of drug-likeness (QED) is 0.603. The molecule has 3 N–H and O–H groups in total. The maximum Gasteiger partial charge on any atom is 0.313 e. The van der Waals surface area contributed by atoms with Crippen LogP contribution < -0.4 is 11.1 Å². The van der Waals surface area contributed by atoms with Gasteiger partial charge in [-0.3, -0.25) is 14.6 Å². The van der Waals surface area contributed by atoms with Gasteiger partial charge in [0.05, 0.1) is 36.7 Å². The van der Waals surface area contributed by atoms with Gasteiger partial charge in [0.25, 0.3) is 0 Å². The van der Waals surface area contributed by atoms with Crippen LogP contribution >= 0.6 is 0 Å². The van der Waals surface area contributed by atoms with Gasteiger partial charge < -0.3 is 20.7 Å². The lowest BCUT2D eigenvalue weighted by Crippen LogP contribution is -2.46. The fourth-order valence-corrected chi connectivity index (χ4v) is 4.62. The van der Waals surface area contributed by atoms with E-state index in [0.717, 1.165) is 40.4 Å². The van der Waals surface area contributed by atoms with Gasteiger partial charge in [-0.15, -0.1) is 0 Å². The van der Waals surface area contributed by atoms with Crippen molar-refractivity contribution in [2.75, 3.05) is 17.6 Å². The van der Waals surface area contributed by atoms with Crippen LogP contribution in [0.25, 0.3) is 10.9 Å². The number of ether oxygens (including phenoxy) is 1. The van der Waals surface area contributed by atoms with Crippen molar-refractivity contribution < 1.29 is 14.3 Å². The second-order valence-electron chi connectivity index (χ2n) is 8.57. The molecule has 2 aromatic heterocycles. The Hall–Kier alpha value is -3.52. The Morgan fingerprint density at radius 2 is 2.00 bits per heavy atom. The highest BCUT2D eigenvalue weighted by Crippen LogP contribution is 2.35. The predicted molar refractivity (Wildman–Crippen MR) is 120 cm³/mol. The molecule has 0 bridgehead atoms. The zero-order valence-corrected chi connectivity index (χ0v) is 17.9. The van der Waals surface area contributed by atoms with Crippen LogP contribution in [-0.4, -0.2) is 33.2 Å². The summed E-state index contributed by atoms with van der Waals surface area (Å²) in [4.78, 5) is 36.5. The number of nitrogen functional groups attached to an aromatic ring is 1. The minimum Gasteiger partial charge on any atom is -0.383 e. The highest BCUT2D eigenvalue weighted by molar-refractivity contribution is 6.39. The molecule has 4 heterocycles. The molecule has 8 nitrogen and oxygen atoms in total. The van der Waals surface area contributed by atoms with E-state index < -0.39 is 11.8 Å². The van der Waals surface area contributed by atoms with Gasteiger partial charge in [0.15, 0.2) is 0 Å². The van der Waals surface area contributed by atoms with Crippen LogP contribution in [0.1, 0.15) is 42.5 Å². The summed E-state index contributed by atoms with van der Waals surface area (Å²) in [5, 5.41) is 3.79. The van der Waals surface area contributed by atoms with Crippen LogP contribution in [-0.2, 0) is 27.5 Å². The number of fused-ring (bicyclic) bond motifs is 2. The maximum atomic E-state index is 13.3. The van der Waals surface area contributed by atoms with Crippen molar-refractivity contribution in [2.24, 2.45) is 5.92 Å². The molecule has 2 aliphatic rings. The number of nitrogens with zero attached hydrogens (tertiary/aromatic N) is 3. The highest BCUT2D eigenvalue weighted by atomic mass is 16.5. The molecule has 2 unspecified atom stereocenters. The molecule has 2 aliphatic heterocycles. The molecule has 0 radical (unpaired) electrons. The highest BCUT2D eigenvalue weighted by Gasteiger charge is 2.35. The molecule has 1 fully saturated rings.